The molecule has 2 aromatic rings. The van der Waals surface area contributed by atoms with Crippen LogP contribution in [-0.2, 0) is 9.30 Å². The SMILES string of the molecule is C=CCC(COCCN(CC)CC)c1cccc2ccccc12.O=P(O)(O)O. The molecule has 6 nitrogen and oxygen atoms in total. The number of likely N-dealkylation sites (N-methyl/N-ethyl adjacent to an activating group) is 1. The van der Waals surface area contributed by atoms with Gasteiger partial charge in [0, 0.05) is 12.5 Å². The van der Waals surface area contributed by atoms with Crippen molar-refractivity contribution in [1.82, 2.24) is 4.90 Å². The van der Waals surface area contributed by atoms with Gasteiger partial charge in [-0.2, -0.15) is 0 Å². The molecule has 28 heavy (non-hydrogen) atoms. The highest BCUT2D eigenvalue weighted by Crippen LogP contribution is 2.28. The van der Waals surface area contributed by atoms with Crippen LogP contribution >= 0.6 is 7.82 Å². The molecule has 7 heteroatoms. The van der Waals surface area contributed by atoms with Gasteiger partial charge in [0.2, 0.25) is 0 Å². The fraction of sp³-hybridized carbons (Fsp3) is 0.429. The first kappa shape index (κ1) is 24.5. The van der Waals surface area contributed by atoms with Crippen LogP contribution < -0.4 is 0 Å². The fourth-order valence-corrected chi connectivity index (χ4v) is 3.05. The molecule has 0 saturated carbocycles. The molecule has 0 radical (unpaired) electrons. The molecule has 2 aromatic carbocycles. The molecular formula is C21H32NO5P. The van der Waals surface area contributed by atoms with Gasteiger partial charge in [0.05, 0.1) is 13.2 Å². The monoisotopic (exact) mass is 409 g/mol. The molecule has 0 aliphatic rings. The normalized spacial score (nSPS) is 12.5. The summed E-state index contributed by atoms with van der Waals surface area (Å²) < 4.78 is 14.9. The summed E-state index contributed by atoms with van der Waals surface area (Å²) in [6.45, 7) is 13.0. The summed E-state index contributed by atoms with van der Waals surface area (Å²) >= 11 is 0. The molecule has 0 fully saturated rings. The van der Waals surface area contributed by atoms with E-state index in [4.69, 9.17) is 24.0 Å². The van der Waals surface area contributed by atoms with E-state index in [1.54, 1.807) is 0 Å². The van der Waals surface area contributed by atoms with Crippen LogP contribution in [0, 0.1) is 0 Å². The van der Waals surface area contributed by atoms with E-state index in [-0.39, 0.29) is 0 Å². The Balaban J connectivity index is 0.000000696. The molecule has 3 N–H and O–H groups in total. The Kier molecular flexibility index (Phi) is 11.2. The number of allylic oxidation sites excluding steroid dienone is 1. The van der Waals surface area contributed by atoms with Gasteiger partial charge < -0.3 is 24.3 Å². The van der Waals surface area contributed by atoms with Gasteiger partial charge in [-0.3, -0.25) is 0 Å². The lowest BCUT2D eigenvalue weighted by atomic mass is 9.91. The van der Waals surface area contributed by atoms with Crippen LogP contribution in [0.1, 0.15) is 31.7 Å². The van der Waals surface area contributed by atoms with E-state index in [9.17, 15) is 0 Å². The Labute approximate surface area is 167 Å². The fourth-order valence-electron chi connectivity index (χ4n) is 3.05. The summed E-state index contributed by atoms with van der Waals surface area (Å²) in [5.41, 5.74) is 1.37. The molecule has 1 unspecified atom stereocenters. The minimum Gasteiger partial charge on any atom is -0.379 e. The number of ether oxygens (including phenoxy) is 1. The standard InChI is InChI=1S/C21H29NO.H3O4P/c1-4-10-19(17-23-16-15-22(5-2)6-3)21-14-9-12-18-11-7-8-13-20(18)21;1-5(2,3)4/h4,7-9,11-14,19H,1,5-6,10,15-17H2,2-3H3;(H3,1,2,3,4). The van der Waals surface area contributed by atoms with Crippen LogP contribution in [0.3, 0.4) is 0 Å². The van der Waals surface area contributed by atoms with Gasteiger partial charge in [0.1, 0.15) is 0 Å². The predicted molar refractivity (Wildman–Crippen MR) is 114 cm³/mol. The van der Waals surface area contributed by atoms with Crippen LogP contribution in [-0.4, -0.2) is 52.4 Å². The van der Waals surface area contributed by atoms with E-state index in [0.29, 0.717) is 5.92 Å². The second-order valence-corrected chi connectivity index (χ2v) is 7.43. The lowest BCUT2D eigenvalue weighted by Gasteiger charge is -2.21. The van der Waals surface area contributed by atoms with E-state index in [1.165, 1.54) is 16.3 Å². The highest BCUT2D eigenvalue weighted by molar-refractivity contribution is 7.45. The second kappa shape index (κ2) is 12.8. The van der Waals surface area contributed by atoms with Gasteiger partial charge >= 0.3 is 7.82 Å². The number of nitrogens with zero attached hydrogens (tertiary/aromatic N) is 1. The molecule has 0 amide bonds. The topological polar surface area (TPSA) is 90.2 Å². The van der Waals surface area contributed by atoms with Crippen LogP contribution in [0.4, 0.5) is 0 Å². The van der Waals surface area contributed by atoms with Gasteiger partial charge in [-0.05, 0) is 35.8 Å². The lowest BCUT2D eigenvalue weighted by molar-refractivity contribution is 0.0964. The molecule has 0 aliphatic heterocycles. The minimum atomic E-state index is -4.64. The summed E-state index contributed by atoms with van der Waals surface area (Å²) in [5.74, 6) is 0.371. The maximum atomic E-state index is 8.88. The maximum absolute atomic E-state index is 8.88. The molecule has 156 valence electrons. The first-order valence-electron chi connectivity index (χ1n) is 9.47. The third kappa shape index (κ3) is 9.60. The van der Waals surface area contributed by atoms with E-state index in [1.807, 2.05) is 6.08 Å². The average molecular weight is 409 g/mol. The first-order chi connectivity index (χ1) is 13.3. The van der Waals surface area contributed by atoms with E-state index in [0.717, 1.165) is 39.3 Å². The predicted octanol–water partition coefficient (Wildman–Crippen LogP) is 3.93. The van der Waals surface area contributed by atoms with Crippen LogP contribution in [0.2, 0.25) is 0 Å². The van der Waals surface area contributed by atoms with Crippen molar-refractivity contribution < 1.29 is 24.0 Å². The number of phosphoric acid groups is 1. The summed E-state index contributed by atoms with van der Waals surface area (Å²) in [6, 6.07) is 15.1. The van der Waals surface area contributed by atoms with Crippen LogP contribution in [0.15, 0.2) is 55.1 Å². The number of fused-ring (bicyclic) bond motifs is 1. The van der Waals surface area contributed by atoms with Gasteiger partial charge in [-0.25, -0.2) is 4.57 Å². The molecule has 2 rings (SSSR count). The zero-order chi connectivity index (χ0) is 21.0. The highest BCUT2D eigenvalue weighted by atomic mass is 31.2. The molecule has 0 heterocycles. The van der Waals surface area contributed by atoms with E-state index < -0.39 is 7.82 Å². The van der Waals surface area contributed by atoms with Gasteiger partial charge in [0.25, 0.3) is 0 Å². The Hall–Kier alpha value is -1.53. The van der Waals surface area contributed by atoms with E-state index >= 15 is 0 Å². The minimum absolute atomic E-state index is 0.371. The average Bonchev–Trinajstić information content (AvgIpc) is 2.65. The largest absolute Gasteiger partial charge is 0.466 e. The van der Waals surface area contributed by atoms with Crippen LogP contribution in [0.25, 0.3) is 10.8 Å². The van der Waals surface area contributed by atoms with Crippen LogP contribution in [0.5, 0.6) is 0 Å². The van der Waals surface area contributed by atoms with Gasteiger partial charge in [-0.1, -0.05) is 62.4 Å². The summed E-state index contributed by atoms with van der Waals surface area (Å²) in [7, 11) is -4.64. The number of hydrogen-bond acceptors (Lipinski definition) is 3. The summed E-state index contributed by atoms with van der Waals surface area (Å²) in [6.07, 6.45) is 2.94. The summed E-state index contributed by atoms with van der Waals surface area (Å²) in [5, 5.41) is 2.62. The second-order valence-electron chi connectivity index (χ2n) is 6.40. The molecule has 0 saturated heterocycles. The Bertz CT molecular complexity index is 744. The third-order valence-electron chi connectivity index (χ3n) is 4.48. The zero-order valence-electron chi connectivity index (χ0n) is 16.7. The number of hydrogen-bond donors (Lipinski definition) is 3. The lowest BCUT2D eigenvalue weighted by Crippen LogP contribution is -2.27. The molecule has 0 aliphatic carbocycles. The smallest absolute Gasteiger partial charge is 0.379 e. The van der Waals surface area contributed by atoms with Crippen molar-refractivity contribution in [2.45, 2.75) is 26.2 Å². The van der Waals surface area contributed by atoms with Gasteiger partial charge in [0.15, 0.2) is 0 Å². The van der Waals surface area contributed by atoms with Crippen molar-refractivity contribution in [3.05, 3.63) is 60.7 Å². The first-order valence-corrected chi connectivity index (χ1v) is 11.0. The molecule has 1 atom stereocenters. The molecule has 0 aromatic heterocycles. The Morgan fingerprint density at radius 2 is 1.71 bits per heavy atom. The maximum Gasteiger partial charge on any atom is 0.466 e. The van der Waals surface area contributed by atoms with Gasteiger partial charge in [-0.15, -0.1) is 6.58 Å². The third-order valence-corrected chi connectivity index (χ3v) is 4.48. The van der Waals surface area contributed by atoms with Crippen molar-refractivity contribution >= 4 is 18.6 Å². The van der Waals surface area contributed by atoms with E-state index in [2.05, 4.69) is 67.8 Å². The summed E-state index contributed by atoms with van der Waals surface area (Å²) in [4.78, 5) is 24.0. The van der Waals surface area contributed by atoms with Crippen molar-refractivity contribution in [2.24, 2.45) is 0 Å². The molecule has 0 spiro atoms. The molecule has 0 bridgehead atoms. The number of benzene rings is 2. The van der Waals surface area contributed by atoms with Crippen molar-refractivity contribution in [1.29, 1.82) is 0 Å². The number of rotatable bonds is 10. The Morgan fingerprint density at radius 1 is 1.11 bits per heavy atom. The molecular weight excluding hydrogens is 377 g/mol. The quantitative estimate of drug-likeness (QED) is 0.313. The highest BCUT2D eigenvalue weighted by Gasteiger charge is 2.13. The van der Waals surface area contributed by atoms with Crippen molar-refractivity contribution in [2.75, 3.05) is 32.8 Å². The van der Waals surface area contributed by atoms with Crippen molar-refractivity contribution in [3.63, 3.8) is 0 Å². The zero-order valence-corrected chi connectivity index (χ0v) is 17.6. The van der Waals surface area contributed by atoms with Crippen molar-refractivity contribution in [3.8, 4) is 0 Å². The Morgan fingerprint density at radius 3 is 2.32 bits per heavy atom.